The monoisotopic (exact) mass is 330 g/mol. The molecule has 4 heteroatoms. The van der Waals surface area contributed by atoms with Crippen molar-refractivity contribution in [3.05, 3.63) is 58.3 Å². The molecule has 2 aromatic rings. The number of thiophene rings is 1. The summed E-state index contributed by atoms with van der Waals surface area (Å²) in [7, 11) is 4.09. The fourth-order valence-electron chi connectivity index (χ4n) is 2.68. The summed E-state index contributed by atoms with van der Waals surface area (Å²) < 4.78 is 0. The van der Waals surface area contributed by atoms with E-state index in [4.69, 9.17) is 0 Å². The molecule has 1 amide bonds. The number of carbonyl (C=O) groups excluding carboxylic acids is 1. The Hall–Kier alpha value is -1.65. The average molecular weight is 330 g/mol. The zero-order valence-corrected chi connectivity index (χ0v) is 15.2. The number of amides is 1. The van der Waals surface area contributed by atoms with E-state index in [1.165, 1.54) is 10.4 Å². The number of nitrogens with one attached hydrogen (secondary N) is 1. The number of rotatable bonds is 7. The van der Waals surface area contributed by atoms with Gasteiger partial charge in [-0.05, 0) is 36.5 Å². The van der Waals surface area contributed by atoms with Crippen LogP contribution >= 0.6 is 11.3 Å². The minimum atomic E-state index is -0.165. The second-order valence-corrected chi connectivity index (χ2v) is 7.70. The van der Waals surface area contributed by atoms with Gasteiger partial charge in [-0.1, -0.05) is 50.2 Å². The van der Waals surface area contributed by atoms with Crippen LogP contribution in [0, 0.1) is 0 Å². The number of carbonyl (C=O) groups is 1. The van der Waals surface area contributed by atoms with Gasteiger partial charge in [0.05, 0.1) is 6.04 Å². The second kappa shape index (κ2) is 7.75. The highest BCUT2D eigenvalue weighted by molar-refractivity contribution is 7.10. The van der Waals surface area contributed by atoms with Gasteiger partial charge in [0, 0.05) is 17.8 Å². The zero-order chi connectivity index (χ0) is 16.9. The lowest BCUT2D eigenvalue weighted by Gasteiger charge is -2.27. The molecular formula is C19H26N2OS. The van der Waals surface area contributed by atoms with E-state index in [0.29, 0.717) is 13.0 Å². The van der Waals surface area contributed by atoms with E-state index in [0.717, 1.165) is 0 Å². The Morgan fingerprint density at radius 1 is 1.17 bits per heavy atom. The highest BCUT2D eigenvalue weighted by atomic mass is 32.1. The molecule has 0 aliphatic rings. The first-order valence-corrected chi connectivity index (χ1v) is 8.80. The van der Waals surface area contributed by atoms with E-state index in [-0.39, 0.29) is 17.4 Å². The maximum absolute atomic E-state index is 12.4. The standard InChI is InChI=1S/C19H26N2OS/c1-19(2,15-9-6-5-7-10-15)13-18(22)20-14-16(21(3)4)17-11-8-12-23-17/h5-12,16H,13-14H2,1-4H3,(H,20,22). The Bertz CT molecular complexity index is 606. The SMILES string of the molecule is CN(C)C(CNC(=O)CC(C)(C)c1ccccc1)c1cccs1. The molecule has 0 saturated heterocycles. The van der Waals surface area contributed by atoms with Crippen LogP contribution in [-0.2, 0) is 10.2 Å². The van der Waals surface area contributed by atoms with Crippen molar-refractivity contribution < 1.29 is 4.79 Å². The lowest BCUT2D eigenvalue weighted by Crippen LogP contribution is -2.36. The summed E-state index contributed by atoms with van der Waals surface area (Å²) in [6.45, 7) is 4.87. The average Bonchev–Trinajstić information content (AvgIpc) is 3.01. The Morgan fingerprint density at radius 2 is 1.87 bits per heavy atom. The summed E-state index contributed by atoms with van der Waals surface area (Å²) in [6.07, 6.45) is 0.488. The highest BCUT2D eigenvalue weighted by Gasteiger charge is 2.25. The molecule has 0 fully saturated rings. The molecule has 1 aromatic carbocycles. The molecule has 0 aliphatic carbocycles. The molecule has 1 atom stereocenters. The lowest BCUT2D eigenvalue weighted by molar-refractivity contribution is -0.122. The number of nitrogens with zero attached hydrogens (tertiary/aromatic N) is 1. The van der Waals surface area contributed by atoms with Crippen LogP contribution in [0.15, 0.2) is 47.8 Å². The Balaban J connectivity index is 1.94. The van der Waals surface area contributed by atoms with Gasteiger partial charge in [0.25, 0.3) is 0 Å². The van der Waals surface area contributed by atoms with Crippen LogP contribution in [0.3, 0.4) is 0 Å². The van der Waals surface area contributed by atoms with Gasteiger partial charge in [0.2, 0.25) is 5.91 Å². The van der Waals surface area contributed by atoms with Crippen LogP contribution in [0.5, 0.6) is 0 Å². The molecule has 2 rings (SSSR count). The van der Waals surface area contributed by atoms with Crippen molar-refractivity contribution in [2.45, 2.75) is 31.7 Å². The van der Waals surface area contributed by atoms with Gasteiger partial charge in [-0.15, -0.1) is 11.3 Å². The van der Waals surface area contributed by atoms with Gasteiger partial charge in [-0.3, -0.25) is 4.79 Å². The van der Waals surface area contributed by atoms with E-state index in [2.05, 4.69) is 53.7 Å². The molecule has 0 spiro atoms. The van der Waals surface area contributed by atoms with Gasteiger partial charge >= 0.3 is 0 Å². The van der Waals surface area contributed by atoms with E-state index in [1.807, 2.05) is 32.3 Å². The molecular weight excluding hydrogens is 304 g/mol. The smallest absolute Gasteiger partial charge is 0.220 e. The van der Waals surface area contributed by atoms with E-state index in [1.54, 1.807) is 11.3 Å². The normalized spacial score (nSPS) is 13.1. The number of benzene rings is 1. The highest BCUT2D eigenvalue weighted by Crippen LogP contribution is 2.27. The summed E-state index contributed by atoms with van der Waals surface area (Å²) in [5, 5.41) is 5.18. The van der Waals surface area contributed by atoms with Crippen LogP contribution in [0.1, 0.15) is 36.8 Å². The van der Waals surface area contributed by atoms with Gasteiger partial charge in [-0.2, -0.15) is 0 Å². The molecule has 1 unspecified atom stereocenters. The van der Waals surface area contributed by atoms with Crippen LogP contribution in [-0.4, -0.2) is 31.4 Å². The first kappa shape index (κ1) is 17.7. The molecule has 3 nitrogen and oxygen atoms in total. The molecule has 124 valence electrons. The quantitative estimate of drug-likeness (QED) is 0.837. The summed E-state index contributed by atoms with van der Waals surface area (Å²) in [5.74, 6) is 0.0993. The van der Waals surface area contributed by atoms with E-state index < -0.39 is 0 Å². The van der Waals surface area contributed by atoms with E-state index in [9.17, 15) is 4.79 Å². The predicted molar refractivity (Wildman–Crippen MR) is 97.8 cm³/mol. The molecule has 1 aromatic heterocycles. The van der Waals surface area contributed by atoms with Crippen molar-refractivity contribution >= 4 is 17.2 Å². The molecule has 23 heavy (non-hydrogen) atoms. The summed E-state index contributed by atoms with van der Waals surface area (Å²) in [5.41, 5.74) is 1.03. The maximum atomic E-state index is 12.4. The molecule has 0 saturated carbocycles. The molecule has 1 N–H and O–H groups in total. The van der Waals surface area contributed by atoms with Crippen molar-refractivity contribution in [3.63, 3.8) is 0 Å². The molecule has 1 heterocycles. The van der Waals surface area contributed by atoms with Crippen LogP contribution in [0.4, 0.5) is 0 Å². The second-order valence-electron chi connectivity index (χ2n) is 6.73. The maximum Gasteiger partial charge on any atom is 0.220 e. The Morgan fingerprint density at radius 3 is 2.43 bits per heavy atom. The van der Waals surface area contributed by atoms with Crippen molar-refractivity contribution in [2.24, 2.45) is 0 Å². The minimum absolute atomic E-state index is 0.0993. The first-order chi connectivity index (χ1) is 10.9. The predicted octanol–water partition coefficient (Wildman–Crippen LogP) is 3.83. The first-order valence-electron chi connectivity index (χ1n) is 7.92. The van der Waals surface area contributed by atoms with Gasteiger partial charge in [0.15, 0.2) is 0 Å². The summed E-state index contributed by atoms with van der Waals surface area (Å²) in [6, 6.07) is 14.6. The summed E-state index contributed by atoms with van der Waals surface area (Å²) in [4.78, 5) is 15.8. The van der Waals surface area contributed by atoms with Gasteiger partial charge < -0.3 is 10.2 Å². The van der Waals surface area contributed by atoms with Crippen LogP contribution < -0.4 is 5.32 Å². The molecule has 0 radical (unpaired) electrons. The Labute approximate surface area is 143 Å². The number of hydrogen-bond acceptors (Lipinski definition) is 3. The largest absolute Gasteiger partial charge is 0.354 e. The number of hydrogen-bond donors (Lipinski definition) is 1. The lowest BCUT2D eigenvalue weighted by atomic mass is 9.81. The fourth-order valence-corrected chi connectivity index (χ4v) is 3.61. The topological polar surface area (TPSA) is 32.3 Å². The third kappa shape index (κ3) is 4.91. The van der Waals surface area contributed by atoms with Crippen molar-refractivity contribution in [1.82, 2.24) is 10.2 Å². The minimum Gasteiger partial charge on any atom is -0.354 e. The van der Waals surface area contributed by atoms with Gasteiger partial charge in [0.1, 0.15) is 0 Å². The van der Waals surface area contributed by atoms with Gasteiger partial charge in [-0.25, -0.2) is 0 Å². The van der Waals surface area contributed by atoms with Crippen molar-refractivity contribution in [2.75, 3.05) is 20.6 Å². The van der Waals surface area contributed by atoms with Crippen LogP contribution in [0.25, 0.3) is 0 Å². The van der Waals surface area contributed by atoms with Crippen LogP contribution in [0.2, 0.25) is 0 Å². The number of likely N-dealkylation sites (N-methyl/N-ethyl adjacent to an activating group) is 1. The van der Waals surface area contributed by atoms with Crippen molar-refractivity contribution in [1.29, 1.82) is 0 Å². The van der Waals surface area contributed by atoms with Crippen molar-refractivity contribution in [3.8, 4) is 0 Å². The molecule has 0 bridgehead atoms. The Kier molecular flexibility index (Phi) is 5.97. The molecule has 0 aliphatic heterocycles. The fraction of sp³-hybridized carbons (Fsp3) is 0.421. The zero-order valence-electron chi connectivity index (χ0n) is 14.4. The summed E-state index contributed by atoms with van der Waals surface area (Å²) >= 11 is 1.73. The third-order valence-corrected chi connectivity index (χ3v) is 5.12. The van der Waals surface area contributed by atoms with E-state index >= 15 is 0 Å². The third-order valence-electron chi connectivity index (χ3n) is 4.15.